The average Bonchev–Trinajstić information content (AvgIpc) is 3.32. The fourth-order valence-electron chi connectivity index (χ4n) is 3.71. The lowest BCUT2D eigenvalue weighted by molar-refractivity contribution is 0.0284. The van der Waals surface area contributed by atoms with Gasteiger partial charge in [-0.1, -0.05) is 24.3 Å². The van der Waals surface area contributed by atoms with Crippen LogP contribution in [0.3, 0.4) is 0 Å². The molecule has 164 valence electrons. The fraction of sp³-hybridized carbons (Fsp3) is 0.417. The molecule has 1 amide bonds. The van der Waals surface area contributed by atoms with E-state index in [0.717, 1.165) is 17.2 Å². The number of rotatable bonds is 5. The van der Waals surface area contributed by atoms with E-state index >= 15 is 0 Å². The molecule has 7 nitrogen and oxygen atoms in total. The van der Waals surface area contributed by atoms with Gasteiger partial charge in [0.05, 0.1) is 13.2 Å². The van der Waals surface area contributed by atoms with E-state index in [1.807, 2.05) is 62.0 Å². The van der Waals surface area contributed by atoms with E-state index in [0.29, 0.717) is 32.0 Å². The molecule has 1 aliphatic heterocycles. The highest BCUT2D eigenvalue weighted by Gasteiger charge is 2.30. The fourth-order valence-corrected chi connectivity index (χ4v) is 3.71. The summed E-state index contributed by atoms with van der Waals surface area (Å²) in [6.45, 7) is 7.56. The van der Waals surface area contributed by atoms with Crippen LogP contribution in [0.2, 0.25) is 0 Å². The number of fused-ring (bicyclic) bond motifs is 1. The smallest absolute Gasteiger partial charge is 0.410 e. The summed E-state index contributed by atoms with van der Waals surface area (Å²) in [5.41, 5.74) is -0.723. The van der Waals surface area contributed by atoms with Crippen LogP contribution >= 0.6 is 0 Å². The number of nitrogens with zero attached hydrogens (tertiary/aromatic N) is 2. The average molecular weight is 424 g/mol. The van der Waals surface area contributed by atoms with Gasteiger partial charge in [-0.15, -0.1) is 0 Å². The second-order valence-corrected chi connectivity index (χ2v) is 9.03. The largest absolute Gasteiger partial charge is 0.486 e. The van der Waals surface area contributed by atoms with E-state index in [2.05, 4.69) is 0 Å². The predicted molar refractivity (Wildman–Crippen MR) is 117 cm³/mol. The molecule has 0 aliphatic carbocycles. The first-order valence-electron chi connectivity index (χ1n) is 10.5. The van der Waals surface area contributed by atoms with Crippen LogP contribution in [0.4, 0.5) is 4.79 Å². The lowest BCUT2D eigenvalue weighted by atomic mass is 10.1. The molecule has 0 bridgehead atoms. The van der Waals surface area contributed by atoms with Gasteiger partial charge in [0.2, 0.25) is 11.2 Å². The highest BCUT2D eigenvalue weighted by atomic mass is 16.6. The molecule has 1 fully saturated rings. The third kappa shape index (κ3) is 5.29. The first kappa shape index (κ1) is 21.0. The maximum Gasteiger partial charge on any atom is 0.410 e. The van der Waals surface area contributed by atoms with Gasteiger partial charge in [0.1, 0.15) is 17.6 Å². The normalized spacial score (nSPS) is 16.6. The minimum Gasteiger partial charge on any atom is -0.486 e. The quantitative estimate of drug-likeness (QED) is 0.611. The summed E-state index contributed by atoms with van der Waals surface area (Å²) in [5.74, 6) is 0.908. The molecule has 1 unspecified atom stereocenters. The molecule has 0 radical (unpaired) electrons. The van der Waals surface area contributed by atoms with Crippen molar-refractivity contribution in [3.05, 3.63) is 65.0 Å². The van der Waals surface area contributed by atoms with E-state index < -0.39 is 5.60 Å². The lowest BCUT2D eigenvalue weighted by Gasteiger charge is -2.24. The maximum atomic E-state index is 12.5. The van der Waals surface area contributed by atoms with E-state index in [-0.39, 0.29) is 23.2 Å². The van der Waals surface area contributed by atoms with Gasteiger partial charge in [0.15, 0.2) is 0 Å². The summed E-state index contributed by atoms with van der Waals surface area (Å²) in [6, 6.07) is 9.56. The molecule has 31 heavy (non-hydrogen) atoms. The van der Waals surface area contributed by atoms with Gasteiger partial charge in [0, 0.05) is 37.5 Å². The Morgan fingerprint density at radius 1 is 1.19 bits per heavy atom. The van der Waals surface area contributed by atoms with E-state index in [4.69, 9.17) is 13.9 Å². The van der Waals surface area contributed by atoms with Crippen molar-refractivity contribution in [1.29, 1.82) is 0 Å². The Morgan fingerprint density at radius 3 is 2.55 bits per heavy atom. The Morgan fingerprint density at radius 2 is 1.90 bits per heavy atom. The van der Waals surface area contributed by atoms with E-state index in [1.54, 1.807) is 4.90 Å². The number of benzene rings is 1. The molecule has 3 aromatic rings. The van der Waals surface area contributed by atoms with Crippen LogP contribution in [-0.2, 0) is 11.3 Å². The van der Waals surface area contributed by atoms with Crippen LogP contribution in [0, 0.1) is 5.92 Å². The molecular weight excluding hydrogens is 396 g/mol. The number of carbonyl (C=O) groups excluding carboxylic acids is 1. The van der Waals surface area contributed by atoms with Gasteiger partial charge in [-0.2, -0.15) is 0 Å². The first-order chi connectivity index (χ1) is 14.8. The summed E-state index contributed by atoms with van der Waals surface area (Å²) < 4.78 is 18.8. The monoisotopic (exact) mass is 424 g/mol. The van der Waals surface area contributed by atoms with E-state index in [1.165, 1.54) is 12.3 Å². The Kier molecular flexibility index (Phi) is 5.76. The second kappa shape index (κ2) is 8.49. The van der Waals surface area contributed by atoms with Crippen molar-refractivity contribution >= 4 is 16.9 Å². The highest BCUT2D eigenvalue weighted by Crippen LogP contribution is 2.21. The Hall–Kier alpha value is -3.22. The first-order valence-corrected chi connectivity index (χ1v) is 10.5. The summed E-state index contributed by atoms with van der Waals surface area (Å²) in [6.07, 6.45) is 5.93. The van der Waals surface area contributed by atoms with Crippen molar-refractivity contribution in [3.8, 4) is 5.75 Å². The topological polar surface area (TPSA) is 73.9 Å². The molecule has 1 aliphatic rings. The number of amides is 1. The van der Waals surface area contributed by atoms with Gasteiger partial charge in [-0.25, -0.2) is 4.79 Å². The molecule has 1 aromatic carbocycles. The van der Waals surface area contributed by atoms with Gasteiger partial charge in [0.25, 0.3) is 0 Å². The van der Waals surface area contributed by atoms with Crippen LogP contribution in [0.15, 0.2) is 58.2 Å². The summed E-state index contributed by atoms with van der Waals surface area (Å²) in [5, 5.41) is 2.28. The molecule has 0 saturated carbocycles. The Labute approximate surface area is 181 Å². The van der Waals surface area contributed by atoms with Crippen molar-refractivity contribution in [2.45, 2.75) is 39.3 Å². The van der Waals surface area contributed by atoms with Gasteiger partial charge in [-0.05, 0) is 38.0 Å². The van der Waals surface area contributed by atoms with Crippen LogP contribution in [0.5, 0.6) is 5.75 Å². The lowest BCUT2D eigenvalue weighted by Crippen LogP contribution is -2.35. The Bertz CT molecular complexity index is 1090. The third-order valence-corrected chi connectivity index (χ3v) is 5.21. The molecule has 1 atom stereocenters. The number of likely N-dealkylation sites (tertiary alicyclic amines) is 1. The van der Waals surface area contributed by atoms with Crippen molar-refractivity contribution in [1.82, 2.24) is 9.47 Å². The molecule has 7 heteroatoms. The van der Waals surface area contributed by atoms with Crippen LogP contribution in [0.25, 0.3) is 10.8 Å². The molecular formula is C24H28N2O5. The minimum atomic E-state index is -0.514. The van der Waals surface area contributed by atoms with Crippen molar-refractivity contribution < 1.29 is 18.7 Å². The van der Waals surface area contributed by atoms with Gasteiger partial charge in [-0.3, -0.25) is 4.79 Å². The van der Waals surface area contributed by atoms with Crippen LogP contribution in [-0.4, -0.2) is 40.9 Å². The molecule has 4 rings (SSSR count). The van der Waals surface area contributed by atoms with Crippen LogP contribution in [0.1, 0.15) is 33.0 Å². The second-order valence-electron chi connectivity index (χ2n) is 9.03. The van der Waals surface area contributed by atoms with Crippen molar-refractivity contribution in [2.75, 3.05) is 19.7 Å². The van der Waals surface area contributed by atoms with Crippen molar-refractivity contribution in [2.24, 2.45) is 5.92 Å². The highest BCUT2D eigenvalue weighted by molar-refractivity contribution is 5.82. The minimum absolute atomic E-state index is 0.152. The van der Waals surface area contributed by atoms with Crippen molar-refractivity contribution in [3.63, 3.8) is 0 Å². The molecule has 1 saturated heterocycles. The van der Waals surface area contributed by atoms with E-state index in [9.17, 15) is 9.59 Å². The molecule has 3 heterocycles. The van der Waals surface area contributed by atoms with Gasteiger partial charge < -0.3 is 23.4 Å². The zero-order valence-corrected chi connectivity index (χ0v) is 18.2. The standard InChI is InChI=1S/C24H28N2O5/c1-24(2,3)31-23(28)26-9-8-17(11-26)15-30-22-16-29-20(10-21(22)27)14-25-12-18-6-4-5-7-19(18)13-25/h4-7,10,12-13,16-17H,8-9,11,14-15H2,1-3H3. The number of ether oxygens (including phenoxy) is 2. The summed E-state index contributed by atoms with van der Waals surface area (Å²) >= 11 is 0. The summed E-state index contributed by atoms with van der Waals surface area (Å²) in [7, 11) is 0. The number of carbonyl (C=O) groups is 1. The van der Waals surface area contributed by atoms with Crippen LogP contribution < -0.4 is 10.2 Å². The Balaban J connectivity index is 1.32. The van der Waals surface area contributed by atoms with Gasteiger partial charge >= 0.3 is 6.09 Å². The number of hydrogen-bond acceptors (Lipinski definition) is 5. The summed E-state index contributed by atoms with van der Waals surface area (Å²) in [4.78, 5) is 26.3. The molecule has 0 spiro atoms. The zero-order chi connectivity index (χ0) is 22.0. The number of hydrogen-bond donors (Lipinski definition) is 0. The SMILES string of the molecule is CC(C)(C)OC(=O)N1CCC(COc2coc(Cn3cc4ccccc4c3)cc2=O)C1. The maximum absolute atomic E-state index is 12.5. The third-order valence-electron chi connectivity index (χ3n) is 5.21. The molecule has 2 aromatic heterocycles. The zero-order valence-electron chi connectivity index (χ0n) is 18.2. The number of aromatic nitrogens is 1. The molecule has 0 N–H and O–H groups in total. The predicted octanol–water partition coefficient (Wildman–Crippen LogP) is 4.28.